The van der Waals surface area contributed by atoms with E-state index in [1.807, 2.05) is 28.8 Å². The number of rotatable bonds is 6. The number of para-hydroxylation sites is 2. The van der Waals surface area contributed by atoms with Crippen molar-refractivity contribution in [2.45, 2.75) is 6.54 Å². The number of cyclic esters (lactones) is 1. The van der Waals surface area contributed by atoms with Gasteiger partial charge in [-0.05, 0) is 12.1 Å². The van der Waals surface area contributed by atoms with E-state index in [2.05, 4.69) is 15.3 Å². The Labute approximate surface area is 148 Å². The van der Waals surface area contributed by atoms with Crippen LogP contribution in [0.1, 0.15) is 16.4 Å². The van der Waals surface area contributed by atoms with Crippen LogP contribution in [0.3, 0.4) is 0 Å². The van der Waals surface area contributed by atoms with E-state index in [0.29, 0.717) is 38.7 Å². The molecule has 26 heavy (non-hydrogen) atoms. The standard InChI is InChI=1S/C17H17N5O4/c23-16(18-5-6-21-7-8-25-17(21)24)13-10-26-15(20-13)9-22-11-19-12-3-1-2-4-14(12)22/h1-4,10-11H,5-9H2,(H,18,23). The van der Waals surface area contributed by atoms with Crippen molar-refractivity contribution < 1.29 is 18.7 Å². The highest BCUT2D eigenvalue weighted by molar-refractivity contribution is 5.91. The molecule has 9 nitrogen and oxygen atoms in total. The first-order chi connectivity index (χ1) is 12.7. The molecule has 0 aliphatic carbocycles. The molecule has 9 heteroatoms. The molecule has 1 aliphatic rings. The largest absolute Gasteiger partial charge is 0.448 e. The fourth-order valence-electron chi connectivity index (χ4n) is 2.79. The smallest absolute Gasteiger partial charge is 0.409 e. The third-order valence-corrected chi connectivity index (χ3v) is 4.13. The number of benzene rings is 1. The third kappa shape index (κ3) is 3.23. The van der Waals surface area contributed by atoms with Crippen LogP contribution in [0, 0.1) is 0 Å². The Hall–Kier alpha value is -3.36. The number of nitrogens with one attached hydrogen (secondary N) is 1. The summed E-state index contributed by atoms with van der Waals surface area (Å²) in [5.74, 6) is 0.0736. The normalized spacial score (nSPS) is 14.0. The van der Waals surface area contributed by atoms with Crippen LogP contribution >= 0.6 is 0 Å². The number of oxazole rings is 1. The molecular formula is C17H17N5O4. The van der Waals surface area contributed by atoms with Crippen LogP contribution in [-0.4, -0.2) is 57.7 Å². The lowest BCUT2D eigenvalue weighted by Gasteiger charge is -2.12. The van der Waals surface area contributed by atoms with Gasteiger partial charge in [0, 0.05) is 13.1 Å². The fourth-order valence-corrected chi connectivity index (χ4v) is 2.79. The van der Waals surface area contributed by atoms with Gasteiger partial charge in [0.15, 0.2) is 5.69 Å². The van der Waals surface area contributed by atoms with Crippen LogP contribution in [-0.2, 0) is 11.3 Å². The summed E-state index contributed by atoms with van der Waals surface area (Å²) in [4.78, 5) is 33.5. The molecule has 4 rings (SSSR count). The van der Waals surface area contributed by atoms with E-state index in [0.717, 1.165) is 11.0 Å². The highest BCUT2D eigenvalue weighted by Gasteiger charge is 2.21. The van der Waals surface area contributed by atoms with E-state index in [1.54, 1.807) is 11.2 Å². The highest BCUT2D eigenvalue weighted by atomic mass is 16.6. The van der Waals surface area contributed by atoms with Crippen LogP contribution in [0.25, 0.3) is 11.0 Å². The minimum absolute atomic E-state index is 0.202. The summed E-state index contributed by atoms with van der Waals surface area (Å²) in [6.45, 7) is 2.04. The van der Waals surface area contributed by atoms with Gasteiger partial charge in [0.2, 0.25) is 5.89 Å². The number of imidazole rings is 1. The lowest BCUT2D eigenvalue weighted by molar-refractivity contribution is 0.0943. The van der Waals surface area contributed by atoms with E-state index in [1.165, 1.54) is 6.26 Å². The van der Waals surface area contributed by atoms with Gasteiger partial charge in [-0.15, -0.1) is 0 Å². The summed E-state index contributed by atoms with van der Waals surface area (Å²) in [6, 6.07) is 7.75. The fraction of sp³-hybridized carbons (Fsp3) is 0.294. The van der Waals surface area contributed by atoms with Crippen LogP contribution in [0.5, 0.6) is 0 Å². The van der Waals surface area contributed by atoms with E-state index in [-0.39, 0.29) is 17.7 Å². The molecule has 0 saturated carbocycles. The van der Waals surface area contributed by atoms with Gasteiger partial charge in [0.1, 0.15) is 19.4 Å². The zero-order valence-electron chi connectivity index (χ0n) is 13.9. The van der Waals surface area contributed by atoms with Gasteiger partial charge in [-0.2, -0.15) is 0 Å². The maximum absolute atomic E-state index is 12.1. The van der Waals surface area contributed by atoms with Crippen molar-refractivity contribution in [1.29, 1.82) is 0 Å². The molecule has 1 saturated heterocycles. The molecule has 0 radical (unpaired) electrons. The molecule has 0 atom stereocenters. The first-order valence-electron chi connectivity index (χ1n) is 8.25. The first kappa shape index (κ1) is 16.1. The summed E-state index contributed by atoms with van der Waals surface area (Å²) < 4.78 is 12.1. The zero-order valence-corrected chi connectivity index (χ0v) is 13.9. The van der Waals surface area contributed by atoms with E-state index >= 15 is 0 Å². The molecule has 2 aromatic heterocycles. The van der Waals surface area contributed by atoms with Crippen molar-refractivity contribution in [2.75, 3.05) is 26.2 Å². The predicted octanol–water partition coefficient (Wildman–Crippen LogP) is 1.25. The van der Waals surface area contributed by atoms with Gasteiger partial charge in [0.25, 0.3) is 5.91 Å². The average Bonchev–Trinajstić information content (AvgIpc) is 3.37. The lowest BCUT2D eigenvalue weighted by atomic mass is 10.3. The summed E-state index contributed by atoms with van der Waals surface area (Å²) in [5.41, 5.74) is 2.06. The Morgan fingerprint density at radius 2 is 2.19 bits per heavy atom. The molecule has 2 amide bonds. The summed E-state index contributed by atoms with van der Waals surface area (Å²) >= 11 is 0. The van der Waals surface area contributed by atoms with Crippen LogP contribution in [0.2, 0.25) is 0 Å². The number of hydrogen-bond acceptors (Lipinski definition) is 6. The monoisotopic (exact) mass is 355 g/mol. The first-order valence-corrected chi connectivity index (χ1v) is 8.25. The van der Waals surface area contributed by atoms with E-state index < -0.39 is 0 Å². The maximum atomic E-state index is 12.1. The van der Waals surface area contributed by atoms with Crippen LogP contribution in [0.4, 0.5) is 4.79 Å². The zero-order chi connectivity index (χ0) is 17.9. The number of hydrogen-bond donors (Lipinski definition) is 1. The molecule has 134 valence electrons. The van der Waals surface area contributed by atoms with Gasteiger partial charge in [0.05, 0.1) is 23.9 Å². The van der Waals surface area contributed by atoms with E-state index in [9.17, 15) is 9.59 Å². The molecule has 0 bridgehead atoms. The quantitative estimate of drug-likeness (QED) is 0.714. The Kier molecular flexibility index (Phi) is 4.26. The lowest BCUT2D eigenvalue weighted by Crippen LogP contribution is -2.35. The van der Waals surface area contributed by atoms with E-state index in [4.69, 9.17) is 9.15 Å². The van der Waals surface area contributed by atoms with Crippen LogP contribution in [0.15, 0.2) is 41.3 Å². The summed E-state index contributed by atoms with van der Waals surface area (Å²) in [6.07, 6.45) is 2.69. The summed E-state index contributed by atoms with van der Waals surface area (Å²) in [7, 11) is 0. The SMILES string of the molecule is O=C(NCCN1CCOC1=O)c1coc(Cn2cnc3ccccc32)n1. The molecule has 1 aliphatic heterocycles. The van der Waals surface area contributed by atoms with Gasteiger partial charge < -0.3 is 23.9 Å². The maximum Gasteiger partial charge on any atom is 0.409 e. The molecule has 3 aromatic rings. The second kappa shape index (κ2) is 6.87. The molecule has 0 unspecified atom stereocenters. The van der Waals surface area contributed by atoms with Crippen molar-refractivity contribution in [2.24, 2.45) is 0 Å². The number of fused-ring (bicyclic) bond motifs is 1. The Balaban J connectivity index is 1.35. The van der Waals surface area contributed by atoms with Crippen LogP contribution < -0.4 is 5.32 Å². The molecule has 3 heterocycles. The Morgan fingerprint density at radius 3 is 3.04 bits per heavy atom. The van der Waals surface area contributed by atoms with Gasteiger partial charge >= 0.3 is 6.09 Å². The second-order valence-corrected chi connectivity index (χ2v) is 5.84. The topological polar surface area (TPSA) is 102 Å². The number of aromatic nitrogens is 3. The summed E-state index contributed by atoms with van der Waals surface area (Å²) in [5, 5.41) is 2.72. The Morgan fingerprint density at radius 1 is 1.31 bits per heavy atom. The van der Waals surface area contributed by atoms with Crippen molar-refractivity contribution in [3.05, 3.63) is 48.4 Å². The minimum Gasteiger partial charge on any atom is -0.448 e. The van der Waals surface area contributed by atoms with Gasteiger partial charge in [-0.25, -0.2) is 14.8 Å². The number of ether oxygens (including phenoxy) is 1. The third-order valence-electron chi connectivity index (χ3n) is 4.13. The minimum atomic E-state index is -0.351. The van der Waals surface area contributed by atoms with Crippen molar-refractivity contribution in [3.8, 4) is 0 Å². The second-order valence-electron chi connectivity index (χ2n) is 5.84. The molecule has 0 spiro atoms. The molecule has 1 N–H and O–H groups in total. The number of carbonyl (C=O) groups is 2. The van der Waals surface area contributed by atoms with Gasteiger partial charge in [-0.1, -0.05) is 12.1 Å². The van der Waals surface area contributed by atoms with Gasteiger partial charge in [-0.3, -0.25) is 4.79 Å². The number of carbonyl (C=O) groups excluding carboxylic acids is 2. The highest BCUT2D eigenvalue weighted by Crippen LogP contribution is 2.14. The molecular weight excluding hydrogens is 338 g/mol. The van der Waals surface area contributed by atoms with Crippen molar-refractivity contribution in [1.82, 2.24) is 24.8 Å². The number of nitrogens with zero attached hydrogens (tertiary/aromatic N) is 4. The number of amides is 2. The molecule has 1 fully saturated rings. The predicted molar refractivity (Wildman–Crippen MR) is 90.6 cm³/mol. The molecule has 1 aromatic carbocycles. The average molecular weight is 355 g/mol. The Bertz CT molecular complexity index is 947. The van der Waals surface area contributed by atoms with Crippen molar-refractivity contribution >= 4 is 23.0 Å². The van der Waals surface area contributed by atoms with Crippen molar-refractivity contribution in [3.63, 3.8) is 0 Å².